The molecule has 116 valence electrons. The highest BCUT2D eigenvalue weighted by atomic mass is 35.5. The Morgan fingerprint density at radius 2 is 2.00 bits per heavy atom. The summed E-state index contributed by atoms with van der Waals surface area (Å²) in [6, 6.07) is 6.03. The summed E-state index contributed by atoms with van der Waals surface area (Å²) in [5.74, 6) is 0. The molecule has 5 heteroatoms. The maximum Gasteiger partial charge on any atom is 0.317 e. The van der Waals surface area contributed by atoms with Crippen LogP contribution in [0.2, 0.25) is 5.02 Å². The standard InChI is InChI=1S/C16H24ClN3O/c1-3-4-7-18-16(21)20-10-8-19(9-11-20)15-12-14(17)6-5-13(15)2/h5-6,12H,3-4,7-11H2,1-2H3,(H,18,21). The number of nitrogens with zero attached hydrogens (tertiary/aromatic N) is 2. The highest BCUT2D eigenvalue weighted by molar-refractivity contribution is 6.30. The van der Waals surface area contributed by atoms with Crippen molar-refractivity contribution in [3.63, 3.8) is 0 Å². The van der Waals surface area contributed by atoms with Gasteiger partial charge in [0.15, 0.2) is 0 Å². The molecule has 0 radical (unpaired) electrons. The molecule has 2 rings (SSSR count). The second-order valence-electron chi connectivity index (χ2n) is 5.49. The summed E-state index contributed by atoms with van der Waals surface area (Å²) in [5.41, 5.74) is 2.40. The lowest BCUT2D eigenvalue weighted by atomic mass is 10.1. The van der Waals surface area contributed by atoms with E-state index in [-0.39, 0.29) is 6.03 Å². The van der Waals surface area contributed by atoms with Crippen LogP contribution in [0.4, 0.5) is 10.5 Å². The van der Waals surface area contributed by atoms with E-state index in [1.807, 2.05) is 23.1 Å². The number of nitrogens with one attached hydrogen (secondary N) is 1. The van der Waals surface area contributed by atoms with Gasteiger partial charge in [0.25, 0.3) is 0 Å². The van der Waals surface area contributed by atoms with Crippen LogP contribution in [-0.4, -0.2) is 43.7 Å². The molecular weight excluding hydrogens is 286 g/mol. The van der Waals surface area contributed by atoms with E-state index in [2.05, 4.69) is 24.1 Å². The molecule has 2 amide bonds. The fourth-order valence-electron chi connectivity index (χ4n) is 2.56. The third-order valence-corrected chi connectivity index (χ3v) is 4.12. The van der Waals surface area contributed by atoms with Gasteiger partial charge in [0.05, 0.1) is 0 Å². The zero-order valence-corrected chi connectivity index (χ0v) is 13.6. The summed E-state index contributed by atoms with van der Waals surface area (Å²) in [7, 11) is 0. The van der Waals surface area contributed by atoms with E-state index in [0.29, 0.717) is 0 Å². The van der Waals surface area contributed by atoms with E-state index >= 15 is 0 Å². The first-order valence-corrected chi connectivity index (χ1v) is 8.03. The molecule has 4 nitrogen and oxygen atoms in total. The van der Waals surface area contributed by atoms with Gasteiger partial charge in [-0.2, -0.15) is 0 Å². The molecule has 1 heterocycles. The molecule has 1 aromatic rings. The number of amides is 2. The van der Waals surface area contributed by atoms with Gasteiger partial charge < -0.3 is 15.1 Å². The van der Waals surface area contributed by atoms with Crippen molar-refractivity contribution in [3.05, 3.63) is 28.8 Å². The molecule has 1 saturated heterocycles. The number of anilines is 1. The summed E-state index contributed by atoms with van der Waals surface area (Å²) in [5, 5.41) is 3.74. The predicted molar refractivity (Wildman–Crippen MR) is 88.3 cm³/mol. The number of unbranched alkanes of at least 4 members (excludes halogenated alkanes) is 1. The van der Waals surface area contributed by atoms with Crippen LogP contribution < -0.4 is 10.2 Å². The van der Waals surface area contributed by atoms with Crippen LogP contribution in [0.1, 0.15) is 25.3 Å². The van der Waals surface area contributed by atoms with Gasteiger partial charge in [-0.25, -0.2) is 4.79 Å². The first-order chi connectivity index (χ1) is 10.1. The largest absolute Gasteiger partial charge is 0.368 e. The molecule has 0 aromatic heterocycles. The van der Waals surface area contributed by atoms with Gasteiger partial charge in [-0.05, 0) is 31.0 Å². The average Bonchev–Trinajstić information content (AvgIpc) is 2.50. The van der Waals surface area contributed by atoms with Gasteiger partial charge >= 0.3 is 6.03 Å². The van der Waals surface area contributed by atoms with Gasteiger partial charge in [-0.3, -0.25) is 0 Å². The Kier molecular flexibility index (Phi) is 5.74. The lowest BCUT2D eigenvalue weighted by molar-refractivity contribution is 0.194. The molecule has 0 aliphatic carbocycles. The topological polar surface area (TPSA) is 35.6 Å². The van der Waals surface area contributed by atoms with Gasteiger partial charge in [-0.1, -0.05) is 31.0 Å². The Balaban J connectivity index is 1.88. The van der Waals surface area contributed by atoms with Crippen LogP contribution in [0.3, 0.4) is 0 Å². The van der Waals surface area contributed by atoms with Gasteiger partial charge in [0.1, 0.15) is 0 Å². The Bertz CT molecular complexity index is 484. The van der Waals surface area contributed by atoms with Crippen LogP contribution in [0.15, 0.2) is 18.2 Å². The number of hydrogen-bond acceptors (Lipinski definition) is 2. The Morgan fingerprint density at radius 3 is 2.67 bits per heavy atom. The Labute approximate surface area is 132 Å². The van der Waals surface area contributed by atoms with Crippen LogP contribution in [-0.2, 0) is 0 Å². The van der Waals surface area contributed by atoms with Crippen molar-refractivity contribution in [1.29, 1.82) is 0 Å². The van der Waals surface area contributed by atoms with Crippen molar-refractivity contribution >= 4 is 23.3 Å². The second kappa shape index (κ2) is 7.55. The molecule has 21 heavy (non-hydrogen) atoms. The number of rotatable bonds is 4. The monoisotopic (exact) mass is 309 g/mol. The van der Waals surface area contributed by atoms with Crippen molar-refractivity contribution in [1.82, 2.24) is 10.2 Å². The second-order valence-corrected chi connectivity index (χ2v) is 5.93. The van der Waals surface area contributed by atoms with E-state index in [0.717, 1.165) is 50.6 Å². The van der Waals surface area contributed by atoms with Gasteiger partial charge in [0.2, 0.25) is 0 Å². The summed E-state index contributed by atoms with van der Waals surface area (Å²) in [4.78, 5) is 16.2. The molecule has 1 aliphatic heterocycles. The predicted octanol–water partition coefficient (Wildman–Crippen LogP) is 3.28. The zero-order valence-electron chi connectivity index (χ0n) is 12.9. The van der Waals surface area contributed by atoms with Crippen molar-refractivity contribution in [2.75, 3.05) is 37.6 Å². The smallest absolute Gasteiger partial charge is 0.317 e. The van der Waals surface area contributed by atoms with E-state index < -0.39 is 0 Å². The molecule has 1 aliphatic rings. The van der Waals surface area contributed by atoms with Crippen LogP contribution in [0, 0.1) is 6.92 Å². The highest BCUT2D eigenvalue weighted by Crippen LogP contribution is 2.25. The fourth-order valence-corrected chi connectivity index (χ4v) is 2.72. The lowest BCUT2D eigenvalue weighted by Crippen LogP contribution is -2.52. The minimum atomic E-state index is 0.0610. The summed E-state index contributed by atoms with van der Waals surface area (Å²) in [6.45, 7) is 8.19. The van der Waals surface area contributed by atoms with Crippen molar-refractivity contribution in [2.45, 2.75) is 26.7 Å². The lowest BCUT2D eigenvalue weighted by Gasteiger charge is -2.36. The minimum absolute atomic E-state index is 0.0610. The molecule has 0 saturated carbocycles. The summed E-state index contributed by atoms with van der Waals surface area (Å²) in [6.07, 6.45) is 2.13. The van der Waals surface area contributed by atoms with Crippen LogP contribution in [0.5, 0.6) is 0 Å². The van der Waals surface area contributed by atoms with Gasteiger partial charge in [-0.15, -0.1) is 0 Å². The molecule has 0 atom stereocenters. The fraction of sp³-hybridized carbons (Fsp3) is 0.562. The molecule has 1 aromatic carbocycles. The number of halogens is 1. The number of benzene rings is 1. The maximum atomic E-state index is 12.0. The van der Waals surface area contributed by atoms with E-state index in [1.165, 1.54) is 11.3 Å². The quantitative estimate of drug-likeness (QED) is 0.866. The Hall–Kier alpha value is -1.42. The number of aryl methyl sites for hydroxylation is 1. The molecule has 1 fully saturated rings. The molecule has 0 spiro atoms. The Morgan fingerprint density at radius 1 is 1.29 bits per heavy atom. The van der Waals surface area contributed by atoms with Crippen LogP contribution >= 0.6 is 11.6 Å². The number of piperazine rings is 1. The summed E-state index contributed by atoms with van der Waals surface area (Å²) >= 11 is 6.08. The third-order valence-electron chi connectivity index (χ3n) is 3.89. The summed E-state index contributed by atoms with van der Waals surface area (Å²) < 4.78 is 0. The van der Waals surface area contributed by atoms with Crippen LogP contribution in [0.25, 0.3) is 0 Å². The van der Waals surface area contributed by atoms with E-state index in [1.54, 1.807) is 0 Å². The average molecular weight is 310 g/mol. The molecule has 1 N–H and O–H groups in total. The SMILES string of the molecule is CCCCNC(=O)N1CCN(c2cc(Cl)ccc2C)CC1. The first-order valence-electron chi connectivity index (χ1n) is 7.65. The molecule has 0 bridgehead atoms. The zero-order chi connectivity index (χ0) is 15.2. The van der Waals surface area contributed by atoms with E-state index in [4.69, 9.17) is 11.6 Å². The highest BCUT2D eigenvalue weighted by Gasteiger charge is 2.21. The first kappa shape index (κ1) is 16.0. The van der Waals surface area contributed by atoms with Crippen molar-refractivity contribution < 1.29 is 4.79 Å². The molecule has 0 unspecified atom stereocenters. The van der Waals surface area contributed by atoms with Crippen molar-refractivity contribution in [3.8, 4) is 0 Å². The number of carbonyl (C=O) groups excluding carboxylic acids is 1. The normalized spacial score (nSPS) is 15.2. The number of hydrogen-bond donors (Lipinski definition) is 1. The number of urea groups is 1. The maximum absolute atomic E-state index is 12.0. The number of carbonyl (C=O) groups is 1. The van der Waals surface area contributed by atoms with E-state index in [9.17, 15) is 4.79 Å². The molecular formula is C16H24ClN3O. The van der Waals surface area contributed by atoms with Crippen molar-refractivity contribution in [2.24, 2.45) is 0 Å². The van der Waals surface area contributed by atoms with Gasteiger partial charge in [0, 0.05) is 43.4 Å². The minimum Gasteiger partial charge on any atom is -0.368 e. The third kappa shape index (κ3) is 4.27.